The molecule has 1 heterocycles. The summed E-state index contributed by atoms with van der Waals surface area (Å²) in [7, 11) is 0. The van der Waals surface area contributed by atoms with Gasteiger partial charge in [0.2, 0.25) is 0 Å². The van der Waals surface area contributed by atoms with Gasteiger partial charge in [0, 0.05) is 0 Å². The van der Waals surface area contributed by atoms with Crippen LogP contribution in [0, 0.1) is 11.8 Å². The Labute approximate surface area is 73.2 Å². The zero-order valence-corrected chi connectivity index (χ0v) is 7.55. The molecule has 0 aromatic heterocycles. The maximum atomic E-state index is 10.6. The van der Waals surface area contributed by atoms with Crippen LogP contribution in [0.5, 0.6) is 0 Å². The van der Waals surface area contributed by atoms with Crippen molar-refractivity contribution in [2.24, 2.45) is 11.8 Å². The van der Waals surface area contributed by atoms with Crippen molar-refractivity contribution >= 4 is 5.97 Å². The Kier molecular flexibility index (Phi) is 3.53. The van der Waals surface area contributed by atoms with Gasteiger partial charge >= 0.3 is 5.97 Å². The topological polar surface area (TPSA) is 49.3 Å². The Morgan fingerprint density at radius 1 is 1.58 bits per heavy atom. The molecule has 0 amide bonds. The molecule has 3 heteroatoms. The monoisotopic (exact) mass is 171 g/mol. The van der Waals surface area contributed by atoms with Gasteiger partial charge in [0.15, 0.2) is 0 Å². The van der Waals surface area contributed by atoms with Crippen LogP contribution in [0.1, 0.15) is 26.2 Å². The van der Waals surface area contributed by atoms with Gasteiger partial charge in [0.1, 0.15) is 0 Å². The Hall–Kier alpha value is -0.570. The summed E-state index contributed by atoms with van der Waals surface area (Å²) in [6.45, 7) is 3.90. The molecule has 0 aromatic carbocycles. The first-order valence-corrected chi connectivity index (χ1v) is 4.63. The SMILES string of the molecule is C[C@H](CC1CCNCC1)C(=O)O. The van der Waals surface area contributed by atoms with Crippen molar-refractivity contribution in [2.75, 3.05) is 13.1 Å². The highest BCUT2D eigenvalue weighted by Crippen LogP contribution is 2.20. The molecule has 3 nitrogen and oxygen atoms in total. The number of rotatable bonds is 3. The van der Waals surface area contributed by atoms with Gasteiger partial charge < -0.3 is 10.4 Å². The fraction of sp³-hybridized carbons (Fsp3) is 0.889. The first-order valence-electron chi connectivity index (χ1n) is 4.63. The van der Waals surface area contributed by atoms with Gasteiger partial charge in [0.25, 0.3) is 0 Å². The second kappa shape index (κ2) is 4.45. The first kappa shape index (κ1) is 9.52. The zero-order chi connectivity index (χ0) is 8.97. The molecule has 1 fully saturated rings. The van der Waals surface area contributed by atoms with E-state index in [1.54, 1.807) is 6.92 Å². The van der Waals surface area contributed by atoms with Gasteiger partial charge in [-0.2, -0.15) is 0 Å². The minimum absolute atomic E-state index is 0.173. The van der Waals surface area contributed by atoms with E-state index < -0.39 is 5.97 Å². The summed E-state index contributed by atoms with van der Waals surface area (Å²) in [5, 5.41) is 12.0. The highest BCUT2D eigenvalue weighted by Gasteiger charge is 2.19. The predicted molar refractivity (Wildman–Crippen MR) is 47.0 cm³/mol. The second-order valence-corrected chi connectivity index (χ2v) is 3.67. The van der Waals surface area contributed by atoms with Crippen molar-refractivity contribution in [1.82, 2.24) is 5.32 Å². The van der Waals surface area contributed by atoms with E-state index in [0.29, 0.717) is 5.92 Å². The molecule has 0 unspecified atom stereocenters. The molecule has 1 rings (SSSR count). The second-order valence-electron chi connectivity index (χ2n) is 3.67. The number of aliphatic carboxylic acids is 1. The molecule has 70 valence electrons. The number of carboxylic acid groups (broad SMARTS) is 1. The van der Waals surface area contributed by atoms with Crippen molar-refractivity contribution in [1.29, 1.82) is 0 Å². The number of carbonyl (C=O) groups is 1. The van der Waals surface area contributed by atoms with Crippen molar-refractivity contribution in [3.63, 3.8) is 0 Å². The number of nitrogens with one attached hydrogen (secondary N) is 1. The maximum Gasteiger partial charge on any atom is 0.306 e. The lowest BCUT2D eigenvalue weighted by atomic mass is 9.89. The third kappa shape index (κ3) is 2.81. The highest BCUT2D eigenvalue weighted by molar-refractivity contribution is 5.69. The average molecular weight is 171 g/mol. The number of piperidine rings is 1. The van der Waals surface area contributed by atoms with E-state index in [1.165, 1.54) is 0 Å². The summed E-state index contributed by atoms with van der Waals surface area (Å²) in [6, 6.07) is 0. The average Bonchev–Trinajstić information content (AvgIpc) is 2.06. The smallest absolute Gasteiger partial charge is 0.306 e. The zero-order valence-electron chi connectivity index (χ0n) is 7.55. The molecular formula is C9H17NO2. The Morgan fingerprint density at radius 3 is 2.67 bits per heavy atom. The quantitative estimate of drug-likeness (QED) is 0.668. The molecule has 2 N–H and O–H groups in total. The van der Waals surface area contributed by atoms with Crippen molar-refractivity contribution in [2.45, 2.75) is 26.2 Å². The van der Waals surface area contributed by atoms with Crippen LogP contribution in [0.2, 0.25) is 0 Å². The molecule has 0 aromatic rings. The predicted octanol–water partition coefficient (Wildman–Crippen LogP) is 1.10. The molecule has 1 atom stereocenters. The molecule has 1 saturated heterocycles. The summed E-state index contributed by atoms with van der Waals surface area (Å²) in [6.07, 6.45) is 3.12. The summed E-state index contributed by atoms with van der Waals surface area (Å²) in [4.78, 5) is 10.6. The van der Waals surface area contributed by atoms with Crippen LogP contribution in [0.25, 0.3) is 0 Å². The van der Waals surface area contributed by atoms with Crippen LogP contribution < -0.4 is 5.32 Å². The Bertz CT molecular complexity index is 153. The lowest BCUT2D eigenvalue weighted by Gasteiger charge is -2.23. The van der Waals surface area contributed by atoms with E-state index >= 15 is 0 Å². The number of carboxylic acids is 1. The molecule has 0 radical (unpaired) electrons. The third-order valence-electron chi connectivity index (χ3n) is 2.57. The van der Waals surface area contributed by atoms with Gasteiger partial charge in [-0.1, -0.05) is 6.92 Å². The fourth-order valence-electron chi connectivity index (χ4n) is 1.72. The van der Waals surface area contributed by atoms with E-state index in [4.69, 9.17) is 5.11 Å². The normalized spacial score (nSPS) is 22.1. The molecule has 12 heavy (non-hydrogen) atoms. The first-order chi connectivity index (χ1) is 5.70. The summed E-state index contributed by atoms with van der Waals surface area (Å²) < 4.78 is 0. The highest BCUT2D eigenvalue weighted by atomic mass is 16.4. The minimum Gasteiger partial charge on any atom is -0.481 e. The van der Waals surface area contributed by atoms with Gasteiger partial charge in [0.05, 0.1) is 5.92 Å². The van der Waals surface area contributed by atoms with Gasteiger partial charge in [-0.05, 0) is 38.3 Å². The van der Waals surface area contributed by atoms with Crippen LogP contribution >= 0.6 is 0 Å². The van der Waals surface area contributed by atoms with Crippen LogP contribution in [0.3, 0.4) is 0 Å². The number of hydrogen-bond donors (Lipinski definition) is 2. The maximum absolute atomic E-state index is 10.6. The van der Waals surface area contributed by atoms with Crippen LogP contribution in [0.15, 0.2) is 0 Å². The Balaban J connectivity index is 2.24. The van der Waals surface area contributed by atoms with Crippen LogP contribution in [-0.2, 0) is 4.79 Å². The minimum atomic E-state index is -0.659. The fourth-order valence-corrected chi connectivity index (χ4v) is 1.72. The van der Waals surface area contributed by atoms with Gasteiger partial charge in [-0.25, -0.2) is 0 Å². The van der Waals surface area contributed by atoms with Gasteiger partial charge in [-0.3, -0.25) is 4.79 Å². The molecule has 1 aliphatic heterocycles. The van der Waals surface area contributed by atoms with Crippen molar-refractivity contribution in [3.8, 4) is 0 Å². The molecule has 0 bridgehead atoms. The molecule has 0 aliphatic carbocycles. The molecule has 0 saturated carbocycles. The standard InChI is InChI=1S/C9H17NO2/c1-7(9(11)12)6-8-2-4-10-5-3-8/h7-8,10H,2-6H2,1H3,(H,11,12)/t7-/m1/s1. The van der Waals surface area contributed by atoms with Crippen molar-refractivity contribution in [3.05, 3.63) is 0 Å². The van der Waals surface area contributed by atoms with Crippen LogP contribution in [-0.4, -0.2) is 24.2 Å². The van der Waals surface area contributed by atoms with E-state index in [2.05, 4.69) is 5.32 Å². The molecular weight excluding hydrogens is 154 g/mol. The third-order valence-corrected chi connectivity index (χ3v) is 2.57. The molecule has 0 spiro atoms. The number of hydrogen-bond acceptors (Lipinski definition) is 2. The lowest BCUT2D eigenvalue weighted by Crippen LogP contribution is -2.29. The summed E-state index contributed by atoms with van der Waals surface area (Å²) >= 11 is 0. The van der Waals surface area contributed by atoms with Crippen molar-refractivity contribution < 1.29 is 9.90 Å². The van der Waals surface area contributed by atoms with E-state index in [9.17, 15) is 4.79 Å². The molecule has 1 aliphatic rings. The summed E-state index contributed by atoms with van der Waals surface area (Å²) in [5.41, 5.74) is 0. The lowest BCUT2D eigenvalue weighted by molar-refractivity contribution is -0.141. The van der Waals surface area contributed by atoms with E-state index in [0.717, 1.165) is 32.4 Å². The van der Waals surface area contributed by atoms with E-state index in [1.807, 2.05) is 0 Å². The Morgan fingerprint density at radius 2 is 2.17 bits per heavy atom. The van der Waals surface area contributed by atoms with Gasteiger partial charge in [-0.15, -0.1) is 0 Å². The largest absolute Gasteiger partial charge is 0.481 e. The summed E-state index contributed by atoms with van der Waals surface area (Å²) in [5.74, 6) is -0.209. The van der Waals surface area contributed by atoms with E-state index in [-0.39, 0.29) is 5.92 Å². The van der Waals surface area contributed by atoms with Crippen LogP contribution in [0.4, 0.5) is 0 Å².